The first-order valence-corrected chi connectivity index (χ1v) is 6.78. The molecule has 0 saturated heterocycles. The summed E-state index contributed by atoms with van der Waals surface area (Å²) in [6.07, 6.45) is 0. The molecule has 1 aromatic carbocycles. The molecule has 1 heterocycles. The van der Waals surface area contributed by atoms with Crippen LogP contribution in [-0.2, 0) is 0 Å². The summed E-state index contributed by atoms with van der Waals surface area (Å²) in [5, 5.41) is 9.34. The Bertz CT molecular complexity index is 781. The van der Waals surface area contributed by atoms with Gasteiger partial charge in [-0.1, -0.05) is 6.07 Å². The smallest absolute Gasteiger partial charge is 0.252 e. The zero-order valence-corrected chi connectivity index (χ0v) is 13.0. The first-order chi connectivity index (χ1) is 11.1. The van der Waals surface area contributed by atoms with Gasteiger partial charge in [-0.2, -0.15) is 5.26 Å². The lowest BCUT2D eigenvalue weighted by molar-refractivity contribution is 0.354. The van der Waals surface area contributed by atoms with E-state index in [1.54, 1.807) is 32.2 Å². The molecule has 2 rings (SSSR count). The van der Waals surface area contributed by atoms with E-state index in [2.05, 4.69) is 26.9 Å². The minimum atomic E-state index is -0.680. The topological polar surface area (TPSA) is 112 Å². The molecule has 3 N–H and O–H groups in total. The second-order valence-corrected chi connectivity index (χ2v) is 4.68. The van der Waals surface area contributed by atoms with Gasteiger partial charge >= 0.3 is 0 Å². The molecular formula is C15H17N5O3. The Kier molecular flexibility index (Phi) is 5.17. The molecule has 0 fully saturated rings. The van der Waals surface area contributed by atoms with Gasteiger partial charge in [0, 0.05) is 11.8 Å². The Balaban J connectivity index is 2.17. The largest absolute Gasteiger partial charge is 0.493 e. The van der Waals surface area contributed by atoms with Crippen LogP contribution in [0.25, 0.3) is 0 Å². The van der Waals surface area contributed by atoms with Crippen molar-refractivity contribution in [1.29, 1.82) is 5.26 Å². The maximum Gasteiger partial charge on any atom is 0.252 e. The van der Waals surface area contributed by atoms with Crippen molar-refractivity contribution >= 4 is 5.95 Å². The highest BCUT2D eigenvalue weighted by Gasteiger charge is 2.14. The van der Waals surface area contributed by atoms with Crippen molar-refractivity contribution in [3.8, 4) is 17.6 Å². The summed E-state index contributed by atoms with van der Waals surface area (Å²) in [7, 11) is 3.06. The van der Waals surface area contributed by atoms with Crippen LogP contribution in [0, 0.1) is 18.3 Å². The maximum atomic E-state index is 11.4. The van der Waals surface area contributed by atoms with Crippen molar-refractivity contribution in [1.82, 2.24) is 15.4 Å². The predicted molar refractivity (Wildman–Crippen MR) is 84.3 cm³/mol. The standard InChI is InChI=1S/C15H17N5O3/c1-9-6-14(21)18-15(17-9)20-19-11(8-16)10-4-5-12(22-2)13(7-10)23-3/h4-7,11,19H,1-3H3,(H2,17,18,20,21). The van der Waals surface area contributed by atoms with E-state index in [0.29, 0.717) is 22.8 Å². The molecule has 2 aromatic rings. The van der Waals surface area contributed by atoms with Crippen molar-refractivity contribution in [2.24, 2.45) is 0 Å². The van der Waals surface area contributed by atoms with Crippen LogP contribution in [0.5, 0.6) is 11.5 Å². The molecule has 0 saturated carbocycles. The number of methoxy groups -OCH3 is 2. The number of ether oxygens (including phenoxy) is 2. The van der Waals surface area contributed by atoms with Gasteiger partial charge in [-0.05, 0) is 24.6 Å². The average molecular weight is 315 g/mol. The monoisotopic (exact) mass is 315 g/mol. The van der Waals surface area contributed by atoms with Gasteiger partial charge < -0.3 is 9.47 Å². The zero-order chi connectivity index (χ0) is 16.8. The molecule has 23 heavy (non-hydrogen) atoms. The van der Waals surface area contributed by atoms with Gasteiger partial charge in [0.15, 0.2) is 11.5 Å². The number of benzene rings is 1. The van der Waals surface area contributed by atoms with Crippen LogP contribution in [0.2, 0.25) is 0 Å². The van der Waals surface area contributed by atoms with E-state index in [1.165, 1.54) is 13.2 Å². The zero-order valence-electron chi connectivity index (χ0n) is 13.0. The minimum absolute atomic E-state index is 0.232. The highest BCUT2D eigenvalue weighted by molar-refractivity contribution is 5.45. The highest BCUT2D eigenvalue weighted by Crippen LogP contribution is 2.29. The Morgan fingerprint density at radius 1 is 1.26 bits per heavy atom. The number of nitrogens with zero attached hydrogens (tertiary/aromatic N) is 2. The van der Waals surface area contributed by atoms with Crippen molar-refractivity contribution in [3.05, 3.63) is 45.9 Å². The number of H-pyrrole nitrogens is 1. The highest BCUT2D eigenvalue weighted by atomic mass is 16.5. The van der Waals surface area contributed by atoms with Gasteiger partial charge in [0.25, 0.3) is 5.56 Å². The lowest BCUT2D eigenvalue weighted by atomic mass is 10.1. The van der Waals surface area contributed by atoms with Crippen LogP contribution in [0.1, 0.15) is 17.3 Å². The number of anilines is 1. The number of hydrogen-bond acceptors (Lipinski definition) is 7. The Hall–Kier alpha value is -3.05. The van der Waals surface area contributed by atoms with Gasteiger partial charge in [-0.25, -0.2) is 10.4 Å². The summed E-state index contributed by atoms with van der Waals surface area (Å²) in [6.45, 7) is 1.70. The lowest BCUT2D eigenvalue weighted by Gasteiger charge is -2.15. The molecule has 8 heteroatoms. The quantitative estimate of drug-likeness (QED) is 0.688. The number of aryl methyl sites for hydroxylation is 1. The molecule has 1 atom stereocenters. The Labute approximate surface area is 133 Å². The van der Waals surface area contributed by atoms with Crippen LogP contribution in [0.3, 0.4) is 0 Å². The summed E-state index contributed by atoms with van der Waals surface area (Å²) in [4.78, 5) is 18.0. The molecule has 8 nitrogen and oxygen atoms in total. The number of rotatable bonds is 6. The molecular weight excluding hydrogens is 298 g/mol. The average Bonchev–Trinajstić information content (AvgIpc) is 2.54. The van der Waals surface area contributed by atoms with Gasteiger partial charge in [0.05, 0.1) is 20.3 Å². The van der Waals surface area contributed by atoms with E-state index in [4.69, 9.17) is 9.47 Å². The van der Waals surface area contributed by atoms with Gasteiger partial charge in [-0.3, -0.25) is 15.2 Å². The molecule has 1 aromatic heterocycles. The van der Waals surface area contributed by atoms with Crippen molar-refractivity contribution < 1.29 is 9.47 Å². The van der Waals surface area contributed by atoms with Crippen LogP contribution in [0.15, 0.2) is 29.1 Å². The Morgan fingerprint density at radius 3 is 2.61 bits per heavy atom. The second kappa shape index (κ2) is 7.29. The normalized spacial score (nSPS) is 11.4. The fourth-order valence-corrected chi connectivity index (χ4v) is 2.00. The first kappa shape index (κ1) is 16.3. The summed E-state index contributed by atoms with van der Waals surface area (Å²) in [6, 6.07) is 7.98. The molecule has 0 aliphatic carbocycles. The predicted octanol–water partition coefficient (Wildman–Crippen LogP) is 1.28. The van der Waals surface area contributed by atoms with Gasteiger partial charge in [0.1, 0.15) is 6.04 Å². The SMILES string of the molecule is COc1ccc(C(C#N)NNc2nc(C)cc(=O)[nH]2)cc1OC. The van der Waals surface area contributed by atoms with E-state index in [9.17, 15) is 10.1 Å². The van der Waals surface area contributed by atoms with E-state index in [0.717, 1.165) is 0 Å². The Morgan fingerprint density at radius 2 is 2.00 bits per heavy atom. The summed E-state index contributed by atoms with van der Waals surface area (Å²) < 4.78 is 10.4. The second-order valence-electron chi connectivity index (χ2n) is 4.68. The van der Waals surface area contributed by atoms with Crippen LogP contribution < -0.4 is 25.9 Å². The number of nitriles is 1. The molecule has 120 valence electrons. The number of aromatic nitrogens is 2. The summed E-state index contributed by atoms with van der Waals surface area (Å²) >= 11 is 0. The third kappa shape index (κ3) is 3.99. The molecule has 0 radical (unpaired) electrons. The number of nitrogens with one attached hydrogen (secondary N) is 3. The fraction of sp³-hybridized carbons (Fsp3) is 0.267. The van der Waals surface area contributed by atoms with Crippen molar-refractivity contribution in [2.45, 2.75) is 13.0 Å². The van der Waals surface area contributed by atoms with E-state index < -0.39 is 6.04 Å². The fourth-order valence-electron chi connectivity index (χ4n) is 2.00. The van der Waals surface area contributed by atoms with Crippen molar-refractivity contribution in [3.63, 3.8) is 0 Å². The molecule has 0 amide bonds. The molecule has 0 bridgehead atoms. The van der Waals surface area contributed by atoms with E-state index >= 15 is 0 Å². The van der Waals surface area contributed by atoms with Crippen LogP contribution in [-0.4, -0.2) is 24.2 Å². The first-order valence-electron chi connectivity index (χ1n) is 6.78. The maximum absolute atomic E-state index is 11.4. The van der Waals surface area contributed by atoms with E-state index in [-0.39, 0.29) is 11.5 Å². The van der Waals surface area contributed by atoms with Crippen LogP contribution >= 0.6 is 0 Å². The van der Waals surface area contributed by atoms with Gasteiger partial charge in [-0.15, -0.1) is 0 Å². The molecule has 0 aliphatic rings. The number of hydrogen-bond donors (Lipinski definition) is 3. The van der Waals surface area contributed by atoms with Crippen molar-refractivity contribution in [2.75, 3.05) is 19.6 Å². The number of hydrazine groups is 1. The lowest BCUT2D eigenvalue weighted by Crippen LogP contribution is -2.28. The third-order valence-electron chi connectivity index (χ3n) is 3.07. The molecule has 0 spiro atoms. The van der Waals surface area contributed by atoms with Crippen LogP contribution in [0.4, 0.5) is 5.95 Å². The van der Waals surface area contributed by atoms with E-state index in [1.807, 2.05) is 0 Å². The third-order valence-corrected chi connectivity index (χ3v) is 3.07. The summed E-state index contributed by atoms with van der Waals surface area (Å²) in [5.41, 5.74) is 6.50. The minimum Gasteiger partial charge on any atom is -0.493 e. The number of aromatic amines is 1. The molecule has 1 unspecified atom stereocenters. The summed E-state index contributed by atoms with van der Waals surface area (Å²) in [5.74, 6) is 1.33. The molecule has 0 aliphatic heterocycles. The van der Waals surface area contributed by atoms with Gasteiger partial charge in [0.2, 0.25) is 5.95 Å².